The van der Waals surface area contributed by atoms with Crippen LogP contribution in [0.5, 0.6) is 0 Å². The van der Waals surface area contributed by atoms with Crippen molar-refractivity contribution < 1.29 is 13.2 Å². The van der Waals surface area contributed by atoms with Gasteiger partial charge in [-0.2, -0.15) is 5.10 Å². The third-order valence-corrected chi connectivity index (χ3v) is 6.65. The van der Waals surface area contributed by atoms with Crippen molar-refractivity contribution in [3.63, 3.8) is 0 Å². The Morgan fingerprint density at radius 3 is 2.55 bits per heavy atom. The Bertz CT molecular complexity index is 1140. The van der Waals surface area contributed by atoms with Crippen molar-refractivity contribution in [1.29, 1.82) is 0 Å². The summed E-state index contributed by atoms with van der Waals surface area (Å²) in [5.41, 5.74) is 3.12. The highest BCUT2D eigenvalue weighted by Crippen LogP contribution is 2.24. The van der Waals surface area contributed by atoms with Crippen LogP contribution in [0.25, 0.3) is 0 Å². The molecule has 1 aromatic heterocycles. The molecule has 0 atom stereocenters. The summed E-state index contributed by atoms with van der Waals surface area (Å²) >= 11 is 0. The van der Waals surface area contributed by atoms with E-state index in [-0.39, 0.29) is 16.4 Å². The summed E-state index contributed by atoms with van der Waals surface area (Å²) in [5, 5.41) is 6.97. The van der Waals surface area contributed by atoms with Gasteiger partial charge in [-0.25, -0.2) is 22.4 Å². The lowest BCUT2D eigenvalue weighted by molar-refractivity contribution is 0.102. The van der Waals surface area contributed by atoms with E-state index in [1.165, 1.54) is 26.5 Å². The van der Waals surface area contributed by atoms with Crippen molar-refractivity contribution in [2.45, 2.75) is 25.3 Å². The lowest BCUT2D eigenvalue weighted by Gasteiger charge is -2.17. The molecule has 152 valence electrons. The molecule has 0 aliphatic rings. The molecule has 1 heterocycles. The summed E-state index contributed by atoms with van der Waals surface area (Å²) < 4.78 is 28.1. The molecule has 8 nitrogen and oxygen atoms in total. The molecule has 3 aromatic rings. The van der Waals surface area contributed by atoms with E-state index in [2.05, 4.69) is 15.4 Å². The number of carbonyl (C=O) groups is 1. The molecule has 0 saturated carbocycles. The zero-order valence-corrected chi connectivity index (χ0v) is 17.6. The Morgan fingerprint density at radius 2 is 1.90 bits per heavy atom. The standard InChI is InChI=1S/C20H23N5O3S/c1-14-9-17(10-19(15(14)2)29(27,28)24(3)4)20(26)23-18-8-6-5-7-16(18)11-25-13-21-12-22-25/h5-10,12-13H,11H2,1-4H3,(H,23,26). The molecule has 29 heavy (non-hydrogen) atoms. The minimum absolute atomic E-state index is 0.128. The third-order valence-electron chi connectivity index (χ3n) is 4.71. The smallest absolute Gasteiger partial charge is 0.255 e. The van der Waals surface area contributed by atoms with Crippen LogP contribution >= 0.6 is 0 Å². The highest BCUT2D eigenvalue weighted by atomic mass is 32.2. The first-order valence-corrected chi connectivity index (χ1v) is 10.4. The van der Waals surface area contributed by atoms with Crippen molar-refractivity contribution in [2.75, 3.05) is 19.4 Å². The molecular weight excluding hydrogens is 390 g/mol. The number of carbonyl (C=O) groups excluding carboxylic acids is 1. The minimum atomic E-state index is -3.67. The molecule has 1 N–H and O–H groups in total. The Labute approximate surface area is 170 Å². The molecule has 1 amide bonds. The van der Waals surface area contributed by atoms with E-state index in [1.54, 1.807) is 37.0 Å². The molecule has 0 fully saturated rings. The van der Waals surface area contributed by atoms with Crippen molar-refractivity contribution >= 4 is 21.6 Å². The van der Waals surface area contributed by atoms with Gasteiger partial charge in [0.15, 0.2) is 0 Å². The Morgan fingerprint density at radius 1 is 1.17 bits per heavy atom. The maximum absolute atomic E-state index is 12.9. The highest BCUT2D eigenvalue weighted by Gasteiger charge is 2.23. The van der Waals surface area contributed by atoms with E-state index < -0.39 is 10.0 Å². The number of hydrogen-bond donors (Lipinski definition) is 1. The molecule has 0 unspecified atom stereocenters. The first kappa shape index (κ1) is 20.7. The van der Waals surface area contributed by atoms with Gasteiger partial charge in [0.2, 0.25) is 10.0 Å². The van der Waals surface area contributed by atoms with Crippen LogP contribution in [0.3, 0.4) is 0 Å². The van der Waals surface area contributed by atoms with Crippen LogP contribution in [0, 0.1) is 13.8 Å². The van der Waals surface area contributed by atoms with Gasteiger partial charge in [0.1, 0.15) is 12.7 Å². The van der Waals surface area contributed by atoms with Gasteiger partial charge >= 0.3 is 0 Å². The second-order valence-electron chi connectivity index (χ2n) is 6.91. The molecule has 0 saturated heterocycles. The van der Waals surface area contributed by atoms with E-state index in [0.717, 1.165) is 15.4 Å². The summed E-state index contributed by atoms with van der Waals surface area (Å²) in [6, 6.07) is 10.5. The van der Waals surface area contributed by atoms with E-state index in [4.69, 9.17) is 0 Å². The number of hydrogen-bond acceptors (Lipinski definition) is 5. The van der Waals surface area contributed by atoms with E-state index in [0.29, 0.717) is 17.8 Å². The topological polar surface area (TPSA) is 97.2 Å². The molecular formula is C20H23N5O3S. The second kappa shape index (κ2) is 8.14. The van der Waals surface area contributed by atoms with Gasteiger partial charge in [0, 0.05) is 25.3 Å². The van der Waals surface area contributed by atoms with Crippen molar-refractivity contribution in [2.24, 2.45) is 0 Å². The Balaban J connectivity index is 1.94. The zero-order chi connectivity index (χ0) is 21.2. The van der Waals surface area contributed by atoms with Gasteiger partial charge in [-0.3, -0.25) is 4.79 Å². The monoisotopic (exact) mass is 413 g/mol. The van der Waals surface area contributed by atoms with Crippen LogP contribution in [0.2, 0.25) is 0 Å². The number of nitrogens with zero attached hydrogens (tertiary/aromatic N) is 4. The van der Waals surface area contributed by atoms with Crippen LogP contribution < -0.4 is 5.32 Å². The van der Waals surface area contributed by atoms with Gasteiger partial charge in [0.25, 0.3) is 5.91 Å². The number of aryl methyl sites for hydroxylation is 1. The SMILES string of the molecule is Cc1cc(C(=O)Nc2ccccc2Cn2cncn2)cc(S(=O)(=O)N(C)C)c1C. The molecule has 9 heteroatoms. The number of para-hydroxylation sites is 1. The predicted molar refractivity (Wildman–Crippen MR) is 110 cm³/mol. The number of amides is 1. The van der Waals surface area contributed by atoms with Crippen molar-refractivity contribution in [3.05, 3.63) is 71.3 Å². The first-order chi connectivity index (χ1) is 13.7. The molecule has 0 spiro atoms. The molecule has 2 aromatic carbocycles. The molecule has 3 rings (SSSR count). The molecule has 0 radical (unpaired) electrons. The number of sulfonamides is 1. The average Bonchev–Trinajstić information content (AvgIpc) is 3.18. The second-order valence-corrected chi connectivity index (χ2v) is 9.03. The highest BCUT2D eigenvalue weighted by molar-refractivity contribution is 7.89. The van der Waals surface area contributed by atoms with Crippen LogP contribution in [-0.2, 0) is 16.6 Å². The third kappa shape index (κ3) is 4.36. The quantitative estimate of drug-likeness (QED) is 0.669. The molecule has 0 bridgehead atoms. The van der Waals surface area contributed by atoms with Crippen molar-refractivity contribution in [3.8, 4) is 0 Å². The molecule has 0 aliphatic carbocycles. The number of nitrogens with one attached hydrogen (secondary N) is 1. The Hall–Kier alpha value is -3.04. The minimum Gasteiger partial charge on any atom is -0.322 e. The number of anilines is 1. The van der Waals surface area contributed by atoms with Gasteiger partial charge in [-0.1, -0.05) is 18.2 Å². The number of rotatable bonds is 6. The number of aromatic nitrogens is 3. The van der Waals surface area contributed by atoms with Crippen molar-refractivity contribution in [1.82, 2.24) is 19.1 Å². The van der Waals surface area contributed by atoms with Crippen LogP contribution in [0.4, 0.5) is 5.69 Å². The fourth-order valence-electron chi connectivity index (χ4n) is 2.89. The number of benzene rings is 2. The van der Waals surface area contributed by atoms with E-state index in [9.17, 15) is 13.2 Å². The van der Waals surface area contributed by atoms with Gasteiger partial charge in [-0.05, 0) is 48.7 Å². The van der Waals surface area contributed by atoms with Crippen LogP contribution in [0.15, 0.2) is 53.9 Å². The van der Waals surface area contributed by atoms with Gasteiger partial charge in [-0.15, -0.1) is 0 Å². The largest absolute Gasteiger partial charge is 0.322 e. The summed E-state index contributed by atoms with van der Waals surface area (Å²) in [6.07, 6.45) is 3.04. The molecule has 0 aliphatic heterocycles. The van der Waals surface area contributed by atoms with Gasteiger partial charge in [0.05, 0.1) is 11.4 Å². The summed E-state index contributed by atoms with van der Waals surface area (Å²) in [4.78, 5) is 17.0. The maximum atomic E-state index is 12.9. The zero-order valence-electron chi connectivity index (χ0n) is 16.7. The van der Waals surface area contributed by atoms with Gasteiger partial charge < -0.3 is 5.32 Å². The first-order valence-electron chi connectivity index (χ1n) is 8.95. The average molecular weight is 414 g/mol. The summed E-state index contributed by atoms with van der Waals surface area (Å²) in [6.45, 7) is 3.98. The van der Waals surface area contributed by atoms with E-state index in [1.807, 2.05) is 18.2 Å². The van der Waals surface area contributed by atoms with E-state index >= 15 is 0 Å². The lowest BCUT2D eigenvalue weighted by atomic mass is 10.1. The van der Waals surface area contributed by atoms with Crippen LogP contribution in [-0.4, -0.2) is 47.5 Å². The lowest BCUT2D eigenvalue weighted by Crippen LogP contribution is -2.24. The fourth-order valence-corrected chi connectivity index (χ4v) is 4.10. The Kier molecular flexibility index (Phi) is 5.81. The maximum Gasteiger partial charge on any atom is 0.255 e. The predicted octanol–water partition coefficient (Wildman–Crippen LogP) is 2.45. The summed E-state index contributed by atoms with van der Waals surface area (Å²) in [5.74, 6) is -0.380. The normalized spacial score (nSPS) is 11.6. The fraction of sp³-hybridized carbons (Fsp3) is 0.250. The van der Waals surface area contributed by atoms with Crippen LogP contribution in [0.1, 0.15) is 27.0 Å². The summed E-state index contributed by atoms with van der Waals surface area (Å²) in [7, 11) is -0.728.